The van der Waals surface area contributed by atoms with Gasteiger partial charge in [0.1, 0.15) is 6.54 Å². The van der Waals surface area contributed by atoms with Crippen molar-refractivity contribution in [3.8, 4) is 0 Å². The number of halogens is 2. The molecule has 3 aromatic rings. The first-order chi connectivity index (χ1) is 12.3. The van der Waals surface area contributed by atoms with E-state index in [2.05, 4.69) is 15.5 Å². The highest BCUT2D eigenvalue weighted by atomic mass is 19.2. The van der Waals surface area contributed by atoms with Crippen molar-refractivity contribution in [3.05, 3.63) is 63.2 Å². The molecular formula is C17H17F2N5O2. The van der Waals surface area contributed by atoms with Gasteiger partial charge in [-0.25, -0.2) is 18.3 Å². The number of carbonyl (C=O) groups excluding carboxylic acids is 1. The molecule has 26 heavy (non-hydrogen) atoms. The van der Waals surface area contributed by atoms with Crippen LogP contribution in [0.1, 0.15) is 29.7 Å². The van der Waals surface area contributed by atoms with Gasteiger partial charge >= 0.3 is 5.69 Å². The Labute approximate surface area is 147 Å². The molecule has 0 fully saturated rings. The van der Waals surface area contributed by atoms with Crippen molar-refractivity contribution in [1.82, 2.24) is 24.7 Å². The molecule has 136 valence electrons. The zero-order valence-corrected chi connectivity index (χ0v) is 14.5. The van der Waals surface area contributed by atoms with Crippen LogP contribution in [0.4, 0.5) is 8.78 Å². The number of rotatable bonds is 4. The summed E-state index contributed by atoms with van der Waals surface area (Å²) in [5, 5.41) is 10.8. The molecule has 3 rings (SSSR count). The fourth-order valence-corrected chi connectivity index (χ4v) is 2.55. The van der Waals surface area contributed by atoms with E-state index in [-0.39, 0.29) is 6.54 Å². The van der Waals surface area contributed by atoms with Gasteiger partial charge in [-0.3, -0.25) is 4.79 Å². The highest BCUT2D eigenvalue weighted by molar-refractivity contribution is 5.76. The van der Waals surface area contributed by atoms with Gasteiger partial charge in [0.05, 0.1) is 12.2 Å². The van der Waals surface area contributed by atoms with Gasteiger partial charge in [-0.05, 0) is 44.0 Å². The molecule has 1 amide bonds. The van der Waals surface area contributed by atoms with Crippen molar-refractivity contribution in [2.75, 3.05) is 0 Å². The third-order valence-electron chi connectivity index (χ3n) is 4.23. The van der Waals surface area contributed by atoms with Gasteiger partial charge in [0.15, 0.2) is 17.3 Å². The molecular weight excluding hydrogens is 344 g/mol. The van der Waals surface area contributed by atoms with Gasteiger partial charge in [-0.2, -0.15) is 9.61 Å². The number of hydrogen-bond acceptors (Lipinski definition) is 4. The summed E-state index contributed by atoms with van der Waals surface area (Å²) < 4.78 is 28.5. The van der Waals surface area contributed by atoms with E-state index in [1.807, 2.05) is 13.8 Å². The maximum absolute atomic E-state index is 13.3. The van der Waals surface area contributed by atoms with Crippen LogP contribution >= 0.6 is 0 Å². The molecule has 7 nitrogen and oxygen atoms in total. The van der Waals surface area contributed by atoms with Crippen LogP contribution in [0.3, 0.4) is 0 Å². The summed E-state index contributed by atoms with van der Waals surface area (Å²) in [7, 11) is 0. The maximum Gasteiger partial charge on any atom is 0.367 e. The second-order valence-corrected chi connectivity index (χ2v) is 6.09. The van der Waals surface area contributed by atoms with Gasteiger partial charge in [0, 0.05) is 5.56 Å². The Morgan fingerprint density at radius 1 is 1.27 bits per heavy atom. The zero-order valence-electron chi connectivity index (χ0n) is 14.5. The van der Waals surface area contributed by atoms with Gasteiger partial charge in [-0.15, -0.1) is 5.10 Å². The average molecular weight is 361 g/mol. The highest BCUT2D eigenvalue weighted by Crippen LogP contribution is 2.16. The number of benzene rings is 1. The Hall–Kier alpha value is -3.10. The molecule has 0 spiro atoms. The Kier molecular flexibility index (Phi) is 4.54. The molecule has 0 bridgehead atoms. The van der Waals surface area contributed by atoms with Crippen molar-refractivity contribution in [2.45, 2.75) is 33.4 Å². The molecule has 2 aromatic heterocycles. The molecule has 0 aliphatic carbocycles. The SMILES string of the molecule is Cc1cnn2c(=O)n(CC(=O)N[C@@H](C)c3ccc(F)c(F)c3)nc2c1C. The fraction of sp³-hybridized carbons (Fsp3) is 0.294. The summed E-state index contributed by atoms with van der Waals surface area (Å²) in [6, 6.07) is 2.84. The first-order valence-electron chi connectivity index (χ1n) is 7.94. The van der Waals surface area contributed by atoms with Crippen molar-refractivity contribution >= 4 is 11.6 Å². The minimum Gasteiger partial charge on any atom is -0.348 e. The zero-order chi connectivity index (χ0) is 19.0. The summed E-state index contributed by atoms with van der Waals surface area (Å²) in [6.07, 6.45) is 1.56. The summed E-state index contributed by atoms with van der Waals surface area (Å²) in [4.78, 5) is 24.5. The molecule has 0 radical (unpaired) electrons. The summed E-state index contributed by atoms with van der Waals surface area (Å²) in [5.41, 5.74) is 1.94. The summed E-state index contributed by atoms with van der Waals surface area (Å²) in [6.45, 7) is 4.98. The Balaban J connectivity index is 1.78. The monoisotopic (exact) mass is 361 g/mol. The van der Waals surface area contributed by atoms with E-state index >= 15 is 0 Å². The third-order valence-corrected chi connectivity index (χ3v) is 4.23. The number of carbonyl (C=O) groups is 1. The fourth-order valence-electron chi connectivity index (χ4n) is 2.55. The summed E-state index contributed by atoms with van der Waals surface area (Å²) in [5.74, 6) is -2.43. The van der Waals surface area contributed by atoms with E-state index < -0.39 is 29.3 Å². The van der Waals surface area contributed by atoms with Crippen LogP contribution < -0.4 is 11.0 Å². The smallest absolute Gasteiger partial charge is 0.348 e. The molecule has 1 aromatic carbocycles. The van der Waals surface area contributed by atoms with Crippen molar-refractivity contribution in [1.29, 1.82) is 0 Å². The number of nitrogens with zero attached hydrogens (tertiary/aromatic N) is 4. The molecule has 2 heterocycles. The van der Waals surface area contributed by atoms with Crippen LogP contribution in [-0.4, -0.2) is 25.3 Å². The quantitative estimate of drug-likeness (QED) is 0.766. The highest BCUT2D eigenvalue weighted by Gasteiger charge is 2.16. The van der Waals surface area contributed by atoms with E-state index in [4.69, 9.17) is 0 Å². The lowest BCUT2D eigenvalue weighted by atomic mass is 10.1. The van der Waals surface area contributed by atoms with E-state index in [9.17, 15) is 18.4 Å². The first kappa shape index (κ1) is 17.7. The molecule has 9 heteroatoms. The molecule has 0 unspecified atom stereocenters. The standard InChI is InChI=1S/C17H17F2N5O2/c1-9-7-20-24-16(10(9)2)22-23(17(24)26)8-15(25)21-11(3)12-4-5-13(18)14(19)6-12/h4-7,11H,8H2,1-3H3,(H,21,25)/t11-/m0/s1. The van der Waals surface area contributed by atoms with E-state index in [1.54, 1.807) is 13.1 Å². The number of amides is 1. The van der Waals surface area contributed by atoms with Gasteiger partial charge in [-0.1, -0.05) is 6.07 Å². The van der Waals surface area contributed by atoms with E-state index in [0.29, 0.717) is 11.2 Å². The predicted molar refractivity (Wildman–Crippen MR) is 89.6 cm³/mol. The Morgan fingerprint density at radius 3 is 2.69 bits per heavy atom. The number of nitrogens with one attached hydrogen (secondary N) is 1. The van der Waals surface area contributed by atoms with Crippen molar-refractivity contribution in [2.24, 2.45) is 0 Å². The van der Waals surface area contributed by atoms with Crippen LogP contribution in [0.25, 0.3) is 5.65 Å². The van der Waals surface area contributed by atoms with Crippen LogP contribution in [0, 0.1) is 25.5 Å². The van der Waals surface area contributed by atoms with Gasteiger partial charge in [0.25, 0.3) is 0 Å². The third kappa shape index (κ3) is 3.19. The lowest BCUT2D eigenvalue weighted by molar-refractivity contribution is -0.122. The van der Waals surface area contributed by atoms with Crippen molar-refractivity contribution in [3.63, 3.8) is 0 Å². The maximum atomic E-state index is 13.3. The minimum absolute atomic E-state index is 0.311. The second kappa shape index (κ2) is 6.66. The van der Waals surface area contributed by atoms with Crippen LogP contribution in [0.5, 0.6) is 0 Å². The number of fused-ring (bicyclic) bond motifs is 1. The molecule has 0 aliphatic rings. The van der Waals surface area contributed by atoms with Crippen molar-refractivity contribution < 1.29 is 13.6 Å². The molecule has 0 saturated heterocycles. The van der Waals surface area contributed by atoms with Crippen LogP contribution in [0.2, 0.25) is 0 Å². The minimum atomic E-state index is -0.989. The molecule has 0 saturated carbocycles. The van der Waals surface area contributed by atoms with Gasteiger partial charge < -0.3 is 5.32 Å². The number of aromatic nitrogens is 4. The van der Waals surface area contributed by atoms with Gasteiger partial charge in [0.2, 0.25) is 5.91 Å². The first-order valence-corrected chi connectivity index (χ1v) is 7.94. The van der Waals surface area contributed by atoms with Crippen LogP contribution in [-0.2, 0) is 11.3 Å². The number of hydrogen-bond donors (Lipinski definition) is 1. The summed E-state index contributed by atoms with van der Waals surface area (Å²) >= 11 is 0. The predicted octanol–water partition coefficient (Wildman–Crippen LogP) is 1.66. The Bertz CT molecular complexity index is 1060. The largest absolute Gasteiger partial charge is 0.367 e. The normalized spacial score (nSPS) is 12.3. The topological polar surface area (TPSA) is 81.3 Å². The van der Waals surface area contributed by atoms with E-state index in [1.165, 1.54) is 6.07 Å². The van der Waals surface area contributed by atoms with E-state index in [0.717, 1.165) is 32.5 Å². The van der Waals surface area contributed by atoms with Crippen LogP contribution in [0.15, 0.2) is 29.2 Å². The molecule has 1 N–H and O–H groups in total. The molecule has 1 atom stereocenters. The average Bonchev–Trinajstić information content (AvgIpc) is 2.90. The molecule has 0 aliphatic heterocycles. The lowest BCUT2D eigenvalue weighted by Crippen LogP contribution is -2.34. The number of aryl methyl sites for hydroxylation is 2. The second-order valence-electron chi connectivity index (χ2n) is 6.09. The Morgan fingerprint density at radius 2 is 2.00 bits per heavy atom. The lowest BCUT2D eigenvalue weighted by Gasteiger charge is -2.14.